The Bertz CT molecular complexity index is 457. The monoisotopic (exact) mass is 235 g/mol. The number of carbonyl (C=O) groups is 1. The van der Waals surface area contributed by atoms with Crippen LogP contribution in [0.2, 0.25) is 0 Å². The number of nitrogens with one attached hydrogen (secondary N) is 2. The summed E-state index contributed by atoms with van der Waals surface area (Å²) >= 11 is 0. The molecular weight excluding hydrogens is 222 g/mol. The quantitative estimate of drug-likeness (QED) is 0.460. The van der Waals surface area contributed by atoms with Crippen LogP contribution < -0.4 is 10.6 Å². The first-order chi connectivity index (χ1) is 8.10. The molecule has 0 spiro atoms. The molecule has 0 heterocycles. The van der Waals surface area contributed by atoms with Gasteiger partial charge in [-0.25, -0.2) is 0 Å². The topological polar surface area (TPSA) is 84.3 Å². The molecule has 0 aromatic heterocycles. The van der Waals surface area contributed by atoms with Crippen LogP contribution in [-0.4, -0.2) is 24.4 Å². The van der Waals surface area contributed by atoms with E-state index >= 15 is 0 Å². The number of rotatable bonds is 5. The van der Waals surface area contributed by atoms with Crippen molar-refractivity contribution in [3.63, 3.8) is 0 Å². The molecule has 0 aliphatic heterocycles. The molecule has 0 atom stereocenters. The number of nitro benzene ring substituents is 1. The number of carbonyl (C=O) groups excluding carboxylic acids is 1. The van der Waals surface area contributed by atoms with Crippen molar-refractivity contribution in [1.82, 2.24) is 5.32 Å². The highest BCUT2D eigenvalue weighted by atomic mass is 16.6. The van der Waals surface area contributed by atoms with Crippen molar-refractivity contribution in [3.8, 4) is 0 Å². The zero-order valence-corrected chi connectivity index (χ0v) is 9.40. The minimum atomic E-state index is -0.501. The van der Waals surface area contributed by atoms with Crippen LogP contribution >= 0.6 is 0 Å². The Morgan fingerprint density at radius 1 is 1.59 bits per heavy atom. The second kappa shape index (κ2) is 5.64. The van der Waals surface area contributed by atoms with Gasteiger partial charge >= 0.3 is 0 Å². The van der Waals surface area contributed by atoms with Crippen molar-refractivity contribution in [3.05, 3.63) is 46.5 Å². The van der Waals surface area contributed by atoms with Gasteiger partial charge in [0, 0.05) is 25.2 Å². The van der Waals surface area contributed by atoms with Crippen LogP contribution in [0, 0.1) is 10.1 Å². The fourth-order valence-electron chi connectivity index (χ4n) is 1.30. The normalized spacial score (nSPS) is 9.47. The number of hydrogen-bond acceptors (Lipinski definition) is 4. The van der Waals surface area contributed by atoms with Gasteiger partial charge < -0.3 is 10.6 Å². The van der Waals surface area contributed by atoms with E-state index in [9.17, 15) is 14.9 Å². The third-order valence-electron chi connectivity index (χ3n) is 2.12. The van der Waals surface area contributed by atoms with E-state index in [0.717, 1.165) is 0 Å². The molecule has 2 N–H and O–H groups in total. The number of nitrogens with zero attached hydrogens (tertiary/aromatic N) is 1. The molecule has 1 rings (SSSR count). The van der Waals surface area contributed by atoms with Crippen LogP contribution in [0.25, 0.3) is 0 Å². The Morgan fingerprint density at radius 2 is 2.29 bits per heavy atom. The summed E-state index contributed by atoms with van der Waals surface area (Å²) in [7, 11) is 1.50. The Labute approximate surface area is 98.5 Å². The van der Waals surface area contributed by atoms with E-state index in [1.54, 1.807) is 6.08 Å². The van der Waals surface area contributed by atoms with Crippen molar-refractivity contribution in [2.24, 2.45) is 0 Å². The minimum absolute atomic E-state index is 0.0699. The summed E-state index contributed by atoms with van der Waals surface area (Å²) in [4.78, 5) is 21.7. The maximum atomic E-state index is 11.4. The smallest absolute Gasteiger partial charge is 0.292 e. The Morgan fingerprint density at radius 3 is 2.82 bits per heavy atom. The van der Waals surface area contributed by atoms with E-state index in [4.69, 9.17) is 0 Å². The molecule has 0 saturated heterocycles. The third-order valence-corrected chi connectivity index (χ3v) is 2.12. The summed E-state index contributed by atoms with van der Waals surface area (Å²) in [5.41, 5.74) is 0.597. The van der Waals surface area contributed by atoms with Gasteiger partial charge in [-0.05, 0) is 12.1 Å². The molecule has 0 saturated carbocycles. The summed E-state index contributed by atoms with van der Waals surface area (Å²) in [6.45, 7) is 3.90. The van der Waals surface area contributed by atoms with Crippen LogP contribution in [0.15, 0.2) is 30.9 Å². The van der Waals surface area contributed by atoms with Gasteiger partial charge in [-0.15, -0.1) is 6.58 Å². The highest BCUT2D eigenvalue weighted by Gasteiger charge is 2.15. The molecule has 0 bridgehead atoms. The van der Waals surface area contributed by atoms with Gasteiger partial charge in [0.2, 0.25) is 0 Å². The van der Waals surface area contributed by atoms with Crippen molar-refractivity contribution in [2.75, 3.05) is 18.9 Å². The van der Waals surface area contributed by atoms with Crippen molar-refractivity contribution in [1.29, 1.82) is 0 Å². The highest BCUT2D eigenvalue weighted by molar-refractivity contribution is 5.95. The molecule has 1 aromatic carbocycles. The first kappa shape index (κ1) is 12.7. The van der Waals surface area contributed by atoms with E-state index in [2.05, 4.69) is 17.2 Å². The van der Waals surface area contributed by atoms with E-state index < -0.39 is 4.92 Å². The van der Waals surface area contributed by atoms with Crippen molar-refractivity contribution in [2.45, 2.75) is 0 Å². The molecule has 6 nitrogen and oxygen atoms in total. The van der Waals surface area contributed by atoms with E-state index in [1.807, 2.05) is 0 Å². The van der Waals surface area contributed by atoms with Gasteiger partial charge in [0.1, 0.15) is 5.69 Å². The van der Waals surface area contributed by atoms with E-state index in [-0.39, 0.29) is 11.6 Å². The van der Waals surface area contributed by atoms with Crippen LogP contribution in [0.1, 0.15) is 10.4 Å². The summed E-state index contributed by atoms with van der Waals surface area (Å²) in [6.07, 6.45) is 1.58. The van der Waals surface area contributed by atoms with Gasteiger partial charge in [-0.2, -0.15) is 0 Å². The zero-order valence-electron chi connectivity index (χ0n) is 9.40. The summed E-state index contributed by atoms with van der Waals surface area (Å²) in [6, 6.07) is 4.16. The molecule has 6 heteroatoms. The predicted molar refractivity (Wildman–Crippen MR) is 65.2 cm³/mol. The van der Waals surface area contributed by atoms with E-state index in [0.29, 0.717) is 17.8 Å². The second-order valence-corrected chi connectivity index (χ2v) is 3.24. The maximum Gasteiger partial charge on any atom is 0.292 e. The van der Waals surface area contributed by atoms with Crippen LogP contribution in [0.5, 0.6) is 0 Å². The lowest BCUT2D eigenvalue weighted by Gasteiger charge is -2.06. The Hall–Kier alpha value is -2.37. The second-order valence-electron chi connectivity index (χ2n) is 3.24. The molecule has 0 aliphatic rings. The summed E-state index contributed by atoms with van der Waals surface area (Å²) < 4.78 is 0. The molecule has 0 aliphatic carbocycles. The van der Waals surface area contributed by atoms with Gasteiger partial charge in [0.05, 0.1) is 4.92 Å². The minimum Gasteiger partial charge on any atom is -0.376 e. The fraction of sp³-hybridized carbons (Fsp3) is 0.182. The summed E-state index contributed by atoms with van der Waals surface area (Å²) in [5.74, 6) is -0.290. The van der Waals surface area contributed by atoms with Gasteiger partial charge in [0.25, 0.3) is 11.6 Å². The number of hydrogen-bond donors (Lipinski definition) is 2. The standard InChI is InChI=1S/C11H13N3O3/c1-3-6-13-9-7-8(11(15)12-2)4-5-10(9)14(16)17/h3-5,7,13H,1,6H2,2H3,(H,12,15). The lowest BCUT2D eigenvalue weighted by Crippen LogP contribution is -2.18. The van der Waals surface area contributed by atoms with E-state index in [1.165, 1.54) is 25.2 Å². The van der Waals surface area contributed by atoms with Gasteiger partial charge in [-0.1, -0.05) is 6.08 Å². The SMILES string of the molecule is C=CCNc1cc(C(=O)NC)ccc1[N+](=O)[O-]. The molecule has 0 radical (unpaired) electrons. The first-order valence-corrected chi connectivity index (χ1v) is 4.95. The number of anilines is 1. The van der Waals surface area contributed by atoms with Gasteiger partial charge in [0.15, 0.2) is 0 Å². The summed E-state index contributed by atoms with van der Waals surface area (Å²) in [5, 5.41) is 16.1. The lowest BCUT2D eigenvalue weighted by molar-refractivity contribution is -0.384. The third kappa shape index (κ3) is 3.04. The lowest BCUT2D eigenvalue weighted by atomic mass is 10.1. The average molecular weight is 235 g/mol. The van der Waals surface area contributed by atoms with Crippen LogP contribution in [-0.2, 0) is 0 Å². The van der Waals surface area contributed by atoms with Crippen LogP contribution in [0.4, 0.5) is 11.4 Å². The van der Waals surface area contributed by atoms with Crippen molar-refractivity contribution < 1.29 is 9.72 Å². The Balaban J connectivity index is 3.13. The number of benzene rings is 1. The average Bonchev–Trinajstić information content (AvgIpc) is 2.34. The molecule has 0 unspecified atom stereocenters. The molecule has 1 aromatic rings. The number of amides is 1. The zero-order chi connectivity index (χ0) is 12.8. The predicted octanol–water partition coefficient (Wildman–Crippen LogP) is 1.55. The van der Waals surface area contributed by atoms with Crippen molar-refractivity contribution >= 4 is 17.3 Å². The molecule has 1 amide bonds. The fourth-order valence-corrected chi connectivity index (χ4v) is 1.30. The molecule has 0 fully saturated rings. The first-order valence-electron chi connectivity index (χ1n) is 4.95. The molecule has 90 valence electrons. The Kier molecular flexibility index (Phi) is 4.21. The largest absolute Gasteiger partial charge is 0.376 e. The molecule has 17 heavy (non-hydrogen) atoms. The highest BCUT2D eigenvalue weighted by Crippen LogP contribution is 2.25. The van der Waals surface area contributed by atoms with Crippen LogP contribution in [0.3, 0.4) is 0 Å². The van der Waals surface area contributed by atoms with Gasteiger partial charge in [-0.3, -0.25) is 14.9 Å². The number of nitro groups is 1. The maximum absolute atomic E-state index is 11.4. The molecular formula is C11H13N3O3.